The van der Waals surface area contributed by atoms with E-state index in [-0.39, 0.29) is 10.4 Å². The highest BCUT2D eigenvalue weighted by Gasteiger charge is 2.06. The molecule has 0 unspecified atom stereocenters. The molecule has 1 aromatic carbocycles. The summed E-state index contributed by atoms with van der Waals surface area (Å²) in [7, 11) is 0. The lowest BCUT2D eigenvalue weighted by Gasteiger charge is -2.07. The second kappa shape index (κ2) is 5.29. The van der Waals surface area contributed by atoms with Gasteiger partial charge in [0.2, 0.25) is 5.28 Å². The van der Waals surface area contributed by atoms with Gasteiger partial charge in [-0.2, -0.15) is 4.98 Å². The Labute approximate surface area is 109 Å². The highest BCUT2D eigenvalue weighted by Crippen LogP contribution is 2.22. The maximum atomic E-state index is 5.86. The van der Waals surface area contributed by atoms with Gasteiger partial charge in [-0.3, -0.25) is 0 Å². The Morgan fingerprint density at radius 3 is 2.82 bits per heavy atom. The number of rotatable bonds is 3. The van der Waals surface area contributed by atoms with Crippen LogP contribution in [0.25, 0.3) is 0 Å². The summed E-state index contributed by atoms with van der Waals surface area (Å²) in [4.78, 5) is 3.97. The van der Waals surface area contributed by atoms with Gasteiger partial charge in [-0.1, -0.05) is 30.7 Å². The number of aryl methyl sites for hydroxylation is 1. The smallest absolute Gasteiger partial charge is 0.245 e. The second-order valence-corrected chi connectivity index (χ2v) is 4.10. The van der Waals surface area contributed by atoms with Crippen LogP contribution in [0.4, 0.5) is 11.5 Å². The van der Waals surface area contributed by atoms with E-state index in [9.17, 15) is 0 Å². The lowest BCUT2D eigenvalue weighted by Crippen LogP contribution is -1.99. The zero-order chi connectivity index (χ0) is 12.3. The molecular weight excluding hydrogens is 259 g/mol. The number of hydrogen-bond donors (Lipinski definition) is 1. The van der Waals surface area contributed by atoms with E-state index in [1.165, 1.54) is 5.56 Å². The standard InChI is InChI=1S/C11H10Cl2N4/c1-2-7-4-3-5-8(6-7)14-10-9(12)16-17-11(13)15-10/h3-6H,2H2,1H3,(H,14,15,17). The van der Waals surface area contributed by atoms with Gasteiger partial charge in [-0.25, -0.2) is 0 Å². The molecule has 1 heterocycles. The Hall–Kier alpha value is -1.39. The monoisotopic (exact) mass is 268 g/mol. The van der Waals surface area contributed by atoms with E-state index >= 15 is 0 Å². The second-order valence-electron chi connectivity index (χ2n) is 3.40. The molecule has 6 heteroatoms. The van der Waals surface area contributed by atoms with Crippen LogP contribution in [0, 0.1) is 0 Å². The third-order valence-corrected chi connectivity index (χ3v) is 2.63. The largest absolute Gasteiger partial charge is 0.337 e. The number of anilines is 2. The predicted molar refractivity (Wildman–Crippen MR) is 68.9 cm³/mol. The molecule has 1 N–H and O–H groups in total. The summed E-state index contributed by atoms with van der Waals surface area (Å²) in [5, 5.41) is 10.5. The SMILES string of the molecule is CCc1cccc(Nc2nc(Cl)nnc2Cl)c1. The van der Waals surface area contributed by atoms with Gasteiger partial charge >= 0.3 is 0 Å². The zero-order valence-electron chi connectivity index (χ0n) is 9.11. The van der Waals surface area contributed by atoms with Gasteiger partial charge in [0.1, 0.15) is 0 Å². The number of halogens is 2. The van der Waals surface area contributed by atoms with Crippen molar-refractivity contribution in [1.82, 2.24) is 15.2 Å². The van der Waals surface area contributed by atoms with Gasteiger partial charge < -0.3 is 5.32 Å². The van der Waals surface area contributed by atoms with Crippen LogP contribution in [-0.2, 0) is 6.42 Å². The van der Waals surface area contributed by atoms with Crippen molar-refractivity contribution in [2.75, 3.05) is 5.32 Å². The van der Waals surface area contributed by atoms with Crippen LogP contribution in [0.15, 0.2) is 24.3 Å². The van der Waals surface area contributed by atoms with Crippen LogP contribution in [0.5, 0.6) is 0 Å². The highest BCUT2D eigenvalue weighted by molar-refractivity contribution is 6.32. The third kappa shape index (κ3) is 3.05. The summed E-state index contributed by atoms with van der Waals surface area (Å²) in [6.45, 7) is 2.09. The van der Waals surface area contributed by atoms with Gasteiger partial charge in [0, 0.05) is 5.69 Å². The molecule has 0 spiro atoms. The summed E-state index contributed by atoms with van der Waals surface area (Å²) in [5.41, 5.74) is 2.11. The zero-order valence-corrected chi connectivity index (χ0v) is 10.6. The molecule has 0 amide bonds. The van der Waals surface area contributed by atoms with E-state index < -0.39 is 0 Å². The van der Waals surface area contributed by atoms with E-state index in [0.29, 0.717) is 5.82 Å². The van der Waals surface area contributed by atoms with Gasteiger partial charge in [-0.15, -0.1) is 10.2 Å². The van der Waals surface area contributed by atoms with Gasteiger partial charge in [0.15, 0.2) is 11.0 Å². The molecule has 88 valence electrons. The average molecular weight is 269 g/mol. The van der Waals surface area contributed by atoms with Gasteiger partial charge in [0.05, 0.1) is 0 Å². The molecule has 0 aliphatic heterocycles. The van der Waals surface area contributed by atoms with Gasteiger partial charge in [-0.05, 0) is 35.7 Å². The fourth-order valence-corrected chi connectivity index (χ4v) is 1.63. The number of nitrogens with zero attached hydrogens (tertiary/aromatic N) is 3. The van der Waals surface area contributed by atoms with Crippen LogP contribution >= 0.6 is 23.2 Å². The minimum atomic E-state index is 0.0588. The number of aromatic nitrogens is 3. The fourth-order valence-electron chi connectivity index (χ4n) is 1.38. The molecule has 0 bridgehead atoms. The van der Waals surface area contributed by atoms with Crippen molar-refractivity contribution in [3.05, 3.63) is 40.3 Å². The van der Waals surface area contributed by atoms with Crippen molar-refractivity contribution in [1.29, 1.82) is 0 Å². The van der Waals surface area contributed by atoms with E-state index in [1.54, 1.807) is 0 Å². The number of nitrogens with one attached hydrogen (secondary N) is 1. The van der Waals surface area contributed by atoms with Crippen LogP contribution < -0.4 is 5.32 Å². The molecule has 0 aliphatic rings. The maximum Gasteiger partial charge on any atom is 0.245 e. The summed E-state index contributed by atoms with van der Waals surface area (Å²) < 4.78 is 0. The first-order valence-electron chi connectivity index (χ1n) is 5.10. The van der Waals surface area contributed by atoms with Crippen LogP contribution in [-0.4, -0.2) is 15.2 Å². The first-order chi connectivity index (χ1) is 8.19. The molecule has 0 atom stereocenters. The molecule has 0 aliphatic carbocycles. The molecule has 0 fully saturated rings. The molecule has 4 nitrogen and oxygen atoms in total. The number of hydrogen-bond acceptors (Lipinski definition) is 4. The van der Waals surface area contributed by atoms with E-state index in [2.05, 4.69) is 33.5 Å². The molecular formula is C11H10Cl2N4. The molecule has 17 heavy (non-hydrogen) atoms. The Morgan fingerprint density at radius 1 is 1.24 bits per heavy atom. The third-order valence-electron chi connectivity index (χ3n) is 2.22. The predicted octanol–water partition coefficient (Wildman–Crippen LogP) is 3.48. The van der Waals surface area contributed by atoms with Crippen LogP contribution in [0.2, 0.25) is 10.4 Å². The van der Waals surface area contributed by atoms with E-state index in [4.69, 9.17) is 23.2 Å². The van der Waals surface area contributed by atoms with Crippen molar-refractivity contribution in [2.45, 2.75) is 13.3 Å². The van der Waals surface area contributed by atoms with Crippen molar-refractivity contribution in [3.63, 3.8) is 0 Å². The first kappa shape index (κ1) is 12.1. The molecule has 2 aromatic rings. The van der Waals surface area contributed by atoms with E-state index in [0.717, 1.165) is 12.1 Å². The lowest BCUT2D eigenvalue weighted by molar-refractivity contribution is 0.974. The van der Waals surface area contributed by atoms with Gasteiger partial charge in [0.25, 0.3) is 0 Å². The van der Waals surface area contributed by atoms with Crippen LogP contribution in [0.1, 0.15) is 12.5 Å². The van der Waals surface area contributed by atoms with Crippen molar-refractivity contribution >= 4 is 34.7 Å². The topological polar surface area (TPSA) is 50.7 Å². The Morgan fingerprint density at radius 2 is 2.06 bits per heavy atom. The average Bonchev–Trinajstić information content (AvgIpc) is 2.34. The summed E-state index contributed by atoms with van der Waals surface area (Å²) in [6.07, 6.45) is 0.964. The minimum absolute atomic E-state index is 0.0588. The highest BCUT2D eigenvalue weighted by atomic mass is 35.5. The molecule has 0 radical (unpaired) electrons. The molecule has 0 saturated carbocycles. The maximum absolute atomic E-state index is 5.86. The Balaban J connectivity index is 2.27. The molecule has 1 aromatic heterocycles. The Bertz CT molecular complexity index is 531. The normalized spacial score (nSPS) is 10.3. The fraction of sp³-hybridized carbons (Fsp3) is 0.182. The quantitative estimate of drug-likeness (QED) is 0.926. The summed E-state index contributed by atoms with van der Waals surface area (Å²) >= 11 is 11.5. The molecule has 0 saturated heterocycles. The van der Waals surface area contributed by atoms with Crippen LogP contribution in [0.3, 0.4) is 0 Å². The summed E-state index contributed by atoms with van der Waals surface area (Å²) in [5.74, 6) is 0.403. The van der Waals surface area contributed by atoms with Crippen molar-refractivity contribution in [3.8, 4) is 0 Å². The first-order valence-corrected chi connectivity index (χ1v) is 5.86. The Kier molecular flexibility index (Phi) is 3.76. The van der Waals surface area contributed by atoms with Crippen molar-refractivity contribution in [2.24, 2.45) is 0 Å². The van der Waals surface area contributed by atoms with E-state index in [1.807, 2.05) is 18.2 Å². The lowest BCUT2D eigenvalue weighted by atomic mass is 10.1. The number of benzene rings is 1. The molecule has 2 rings (SSSR count). The van der Waals surface area contributed by atoms with Crippen molar-refractivity contribution < 1.29 is 0 Å². The summed E-state index contributed by atoms with van der Waals surface area (Å²) in [6, 6.07) is 7.96. The minimum Gasteiger partial charge on any atom is -0.337 e.